The van der Waals surface area contributed by atoms with Gasteiger partial charge in [0.15, 0.2) is 5.82 Å². The van der Waals surface area contributed by atoms with E-state index in [4.69, 9.17) is 9.47 Å². The number of anilines is 1. The maximum absolute atomic E-state index is 12.8. The van der Waals surface area contributed by atoms with Crippen LogP contribution in [0.4, 0.5) is 23.8 Å². The van der Waals surface area contributed by atoms with E-state index in [0.717, 1.165) is 11.6 Å². The lowest BCUT2D eigenvalue weighted by Gasteiger charge is -2.32. The van der Waals surface area contributed by atoms with E-state index in [1.165, 1.54) is 23.1 Å². The summed E-state index contributed by atoms with van der Waals surface area (Å²) in [5, 5.41) is 9.22. The molecule has 4 rings (SSSR count). The van der Waals surface area contributed by atoms with Crippen molar-refractivity contribution in [2.45, 2.75) is 25.9 Å². The number of benzene rings is 2. The molecule has 36 heavy (non-hydrogen) atoms. The molecule has 0 unspecified atom stereocenters. The van der Waals surface area contributed by atoms with Crippen molar-refractivity contribution in [1.29, 1.82) is 0 Å². The molecule has 0 atom stereocenters. The first-order chi connectivity index (χ1) is 17.2. The summed E-state index contributed by atoms with van der Waals surface area (Å²) in [6.07, 6.45) is -4.43. The summed E-state index contributed by atoms with van der Waals surface area (Å²) in [6.45, 7) is 0.828. The Kier molecular flexibility index (Phi) is 7.25. The summed E-state index contributed by atoms with van der Waals surface area (Å²) in [6, 6.07) is 12.3. The first kappa shape index (κ1) is 25.2. The van der Waals surface area contributed by atoms with Gasteiger partial charge in [-0.15, -0.1) is 13.2 Å². The summed E-state index contributed by atoms with van der Waals surface area (Å²) in [5.41, 5.74) is 1.57. The van der Waals surface area contributed by atoms with Crippen LogP contribution in [0.3, 0.4) is 0 Å². The molecule has 2 amide bonds. The van der Waals surface area contributed by atoms with Crippen LogP contribution in [-0.4, -0.2) is 59.3 Å². The van der Waals surface area contributed by atoms with Gasteiger partial charge in [0, 0.05) is 26.3 Å². The number of aliphatic hydroxyl groups is 1. The second kappa shape index (κ2) is 10.4. The largest absolute Gasteiger partial charge is 0.573 e. The molecule has 2 aromatic carbocycles. The van der Waals surface area contributed by atoms with Crippen LogP contribution in [0.2, 0.25) is 0 Å². The van der Waals surface area contributed by atoms with Gasteiger partial charge in [-0.1, -0.05) is 18.2 Å². The maximum atomic E-state index is 12.8. The van der Waals surface area contributed by atoms with Gasteiger partial charge in [0.05, 0.1) is 25.9 Å². The Morgan fingerprint density at radius 2 is 1.81 bits per heavy atom. The Morgan fingerprint density at radius 3 is 2.47 bits per heavy atom. The Labute approximate surface area is 205 Å². The number of alkyl halides is 3. The normalized spacial score (nSPS) is 13.6. The fraction of sp³-hybridized carbons (Fsp3) is 0.333. The molecule has 0 aliphatic carbocycles. The van der Waals surface area contributed by atoms with Crippen molar-refractivity contribution in [2.75, 3.05) is 32.2 Å². The number of imidazole rings is 1. The zero-order valence-corrected chi connectivity index (χ0v) is 19.7. The maximum Gasteiger partial charge on any atom is 0.573 e. The standard InChI is InChI=1S/C24H25F3N4O5/c1-29-21-20(15-30(23(29)33)11-4-12-32)31(14-16-7-9-17(34-2)10-8-16)22(28-21)35-18-5-3-6-19(13-18)36-24(25,26)27/h3,5-10,13,32H,4,11-12,14-15H2,1-2H3. The second-order valence-corrected chi connectivity index (χ2v) is 8.06. The Morgan fingerprint density at radius 1 is 1.08 bits per heavy atom. The van der Waals surface area contributed by atoms with Crippen molar-refractivity contribution in [2.24, 2.45) is 0 Å². The first-order valence-electron chi connectivity index (χ1n) is 11.1. The monoisotopic (exact) mass is 506 g/mol. The number of carbonyl (C=O) groups excluding carboxylic acids is 1. The molecule has 1 aliphatic rings. The van der Waals surface area contributed by atoms with Gasteiger partial charge < -0.3 is 24.2 Å². The number of rotatable bonds is 9. The van der Waals surface area contributed by atoms with Crippen LogP contribution in [0, 0.1) is 0 Å². The lowest BCUT2D eigenvalue weighted by molar-refractivity contribution is -0.274. The van der Waals surface area contributed by atoms with E-state index < -0.39 is 12.1 Å². The molecular formula is C24H25F3N4O5. The molecule has 0 fully saturated rings. The molecule has 12 heteroatoms. The Hall–Kier alpha value is -3.93. The molecule has 9 nitrogen and oxygen atoms in total. The van der Waals surface area contributed by atoms with Crippen molar-refractivity contribution in [1.82, 2.24) is 14.5 Å². The number of ether oxygens (including phenoxy) is 3. The third-order valence-electron chi connectivity index (χ3n) is 5.57. The summed E-state index contributed by atoms with van der Waals surface area (Å²) in [4.78, 5) is 20.3. The summed E-state index contributed by atoms with van der Waals surface area (Å²) < 4.78 is 54.9. The van der Waals surface area contributed by atoms with Crippen LogP contribution in [0.5, 0.6) is 23.3 Å². The number of aliphatic hydroxyl groups excluding tert-OH is 1. The molecule has 3 aromatic rings. The van der Waals surface area contributed by atoms with E-state index in [1.54, 1.807) is 35.8 Å². The van der Waals surface area contributed by atoms with Gasteiger partial charge in [0.25, 0.3) is 0 Å². The number of fused-ring (bicyclic) bond motifs is 1. The lowest BCUT2D eigenvalue weighted by Crippen LogP contribution is -2.46. The number of nitrogens with zero attached hydrogens (tertiary/aromatic N) is 4. The number of methoxy groups -OCH3 is 1. The number of carbonyl (C=O) groups is 1. The molecule has 0 radical (unpaired) electrons. The van der Waals surface area contributed by atoms with Crippen LogP contribution in [0.15, 0.2) is 48.5 Å². The van der Waals surface area contributed by atoms with Gasteiger partial charge in [-0.05, 0) is 36.2 Å². The highest BCUT2D eigenvalue weighted by atomic mass is 19.4. The molecule has 0 bridgehead atoms. The molecule has 0 saturated heterocycles. The zero-order valence-electron chi connectivity index (χ0n) is 19.7. The van der Waals surface area contributed by atoms with E-state index in [9.17, 15) is 23.1 Å². The molecule has 0 spiro atoms. The number of hydrogen-bond acceptors (Lipinski definition) is 6. The fourth-order valence-corrected chi connectivity index (χ4v) is 3.86. The molecular weight excluding hydrogens is 481 g/mol. The van der Waals surface area contributed by atoms with Crippen LogP contribution < -0.4 is 19.1 Å². The summed E-state index contributed by atoms with van der Waals surface area (Å²) >= 11 is 0. The van der Waals surface area contributed by atoms with E-state index in [2.05, 4.69) is 9.72 Å². The number of urea groups is 1. The van der Waals surface area contributed by atoms with Crippen LogP contribution in [-0.2, 0) is 13.1 Å². The third kappa shape index (κ3) is 5.65. The number of amides is 2. The molecule has 1 N–H and O–H groups in total. The third-order valence-corrected chi connectivity index (χ3v) is 5.57. The van der Waals surface area contributed by atoms with E-state index in [0.29, 0.717) is 36.8 Å². The summed E-state index contributed by atoms with van der Waals surface area (Å²) in [7, 11) is 3.15. The van der Waals surface area contributed by atoms with Crippen LogP contribution in [0.1, 0.15) is 17.7 Å². The molecule has 1 aliphatic heterocycles. The predicted octanol–water partition coefficient (Wildman–Crippen LogP) is 4.39. The van der Waals surface area contributed by atoms with Crippen LogP contribution >= 0.6 is 0 Å². The Balaban J connectivity index is 1.71. The fourth-order valence-electron chi connectivity index (χ4n) is 3.86. The Bertz CT molecular complexity index is 1210. The van der Waals surface area contributed by atoms with E-state index in [-0.39, 0.29) is 30.9 Å². The highest BCUT2D eigenvalue weighted by Crippen LogP contribution is 2.35. The quantitative estimate of drug-likeness (QED) is 0.463. The van der Waals surface area contributed by atoms with Gasteiger partial charge in [-0.2, -0.15) is 4.98 Å². The van der Waals surface area contributed by atoms with Crippen molar-refractivity contribution < 1.29 is 37.3 Å². The zero-order chi connectivity index (χ0) is 25.9. The second-order valence-electron chi connectivity index (χ2n) is 8.06. The van der Waals surface area contributed by atoms with E-state index in [1.807, 2.05) is 12.1 Å². The number of hydrogen-bond donors (Lipinski definition) is 1. The lowest BCUT2D eigenvalue weighted by atomic mass is 10.2. The van der Waals surface area contributed by atoms with Gasteiger partial charge in [-0.3, -0.25) is 9.47 Å². The minimum atomic E-state index is -4.84. The molecule has 2 heterocycles. The first-order valence-corrected chi connectivity index (χ1v) is 11.1. The van der Waals surface area contributed by atoms with Gasteiger partial charge >= 0.3 is 18.4 Å². The van der Waals surface area contributed by atoms with E-state index >= 15 is 0 Å². The smallest absolute Gasteiger partial charge is 0.497 e. The van der Waals surface area contributed by atoms with Crippen LogP contribution in [0.25, 0.3) is 0 Å². The van der Waals surface area contributed by atoms with Gasteiger partial charge in [0.2, 0.25) is 0 Å². The highest BCUT2D eigenvalue weighted by molar-refractivity contribution is 5.93. The van der Waals surface area contributed by atoms with Gasteiger partial charge in [0.1, 0.15) is 17.2 Å². The predicted molar refractivity (Wildman–Crippen MR) is 123 cm³/mol. The summed E-state index contributed by atoms with van der Waals surface area (Å²) in [5.74, 6) is 0.720. The average Bonchev–Trinajstić information content (AvgIpc) is 3.17. The topological polar surface area (TPSA) is 89.3 Å². The highest BCUT2D eigenvalue weighted by Gasteiger charge is 2.34. The minimum Gasteiger partial charge on any atom is -0.497 e. The SMILES string of the molecule is COc1ccc(Cn2c(Oc3cccc(OC(F)(F)F)c3)nc3c2CN(CCCO)C(=O)N3C)cc1. The average molecular weight is 506 g/mol. The van der Waals surface area contributed by atoms with Crippen molar-refractivity contribution in [3.05, 3.63) is 59.8 Å². The van der Waals surface area contributed by atoms with Crippen molar-refractivity contribution in [3.63, 3.8) is 0 Å². The molecule has 1 aromatic heterocycles. The number of halogens is 3. The number of aromatic nitrogens is 2. The minimum absolute atomic E-state index is 0.0594. The van der Waals surface area contributed by atoms with Crippen molar-refractivity contribution in [3.8, 4) is 23.3 Å². The molecule has 192 valence electrons. The van der Waals surface area contributed by atoms with Crippen molar-refractivity contribution >= 4 is 11.8 Å². The van der Waals surface area contributed by atoms with Gasteiger partial charge in [-0.25, -0.2) is 4.79 Å². The molecule has 0 saturated carbocycles.